The van der Waals surface area contributed by atoms with Crippen LogP contribution in [-0.2, 0) is 4.84 Å². The molecule has 0 aliphatic heterocycles. The summed E-state index contributed by atoms with van der Waals surface area (Å²) in [6.45, 7) is 1.93. The van der Waals surface area contributed by atoms with Crippen molar-refractivity contribution in [1.29, 1.82) is 0 Å². The third-order valence-corrected chi connectivity index (χ3v) is 2.64. The van der Waals surface area contributed by atoms with Crippen LogP contribution in [0.3, 0.4) is 0 Å². The zero-order chi connectivity index (χ0) is 12.1. The van der Waals surface area contributed by atoms with Crippen molar-refractivity contribution in [3.05, 3.63) is 60.2 Å². The maximum atomic E-state index is 4.76. The molecule has 0 spiro atoms. The zero-order valence-corrected chi connectivity index (χ0v) is 10.1. The van der Waals surface area contributed by atoms with Gasteiger partial charge in [0.25, 0.3) is 0 Å². The van der Waals surface area contributed by atoms with Crippen LogP contribution in [0.4, 0.5) is 0 Å². The van der Waals surface area contributed by atoms with Crippen LogP contribution in [-0.4, -0.2) is 12.8 Å². The molecule has 17 heavy (non-hydrogen) atoms. The van der Waals surface area contributed by atoms with Crippen LogP contribution in [0.25, 0.3) is 11.1 Å². The van der Waals surface area contributed by atoms with Gasteiger partial charge in [0.15, 0.2) is 0 Å². The van der Waals surface area contributed by atoms with Crippen molar-refractivity contribution in [1.82, 2.24) is 0 Å². The van der Waals surface area contributed by atoms with Crippen LogP contribution in [0.15, 0.2) is 59.8 Å². The molecule has 0 aromatic heterocycles. The summed E-state index contributed by atoms with van der Waals surface area (Å²) in [5.74, 6) is 0. The molecule has 0 fully saturated rings. The Bertz CT molecular complexity index is 500. The lowest BCUT2D eigenvalue weighted by atomic mass is 10.0. The van der Waals surface area contributed by atoms with Crippen molar-refractivity contribution in [2.75, 3.05) is 7.11 Å². The van der Waals surface area contributed by atoms with E-state index in [1.54, 1.807) is 7.11 Å². The first-order chi connectivity index (χ1) is 8.31. The van der Waals surface area contributed by atoms with Gasteiger partial charge in [0.05, 0.1) is 5.71 Å². The van der Waals surface area contributed by atoms with Crippen molar-refractivity contribution in [2.24, 2.45) is 5.16 Å². The van der Waals surface area contributed by atoms with Gasteiger partial charge in [-0.05, 0) is 23.6 Å². The lowest BCUT2D eigenvalue weighted by Crippen LogP contribution is -1.94. The second-order valence-corrected chi connectivity index (χ2v) is 3.80. The number of hydrogen-bond donors (Lipinski definition) is 0. The van der Waals surface area contributed by atoms with E-state index in [1.165, 1.54) is 11.1 Å². The Kier molecular flexibility index (Phi) is 3.55. The zero-order valence-electron chi connectivity index (χ0n) is 10.1. The van der Waals surface area contributed by atoms with Gasteiger partial charge >= 0.3 is 0 Å². The van der Waals surface area contributed by atoms with Gasteiger partial charge in [0.2, 0.25) is 0 Å². The van der Waals surface area contributed by atoms with E-state index in [1.807, 2.05) is 25.1 Å². The van der Waals surface area contributed by atoms with Gasteiger partial charge in [-0.2, -0.15) is 0 Å². The smallest absolute Gasteiger partial charge is 0.106 e. The second kappa shape index (κ2) is 5.30. The van der Waals surface area contributed by atoms with Gasteiger partial charge in [-0.3, -0.25) is 0 Å². The highest BCUT2D eigenvalue weighted by Crippen LogP contribution is 2.19. The Morgan fingerprint density at radius 2 is 1.47 bits per heavy atom. The molecule has 0 aliphatic carbocycles. The average molecular weight is 225 g/mol. The molecule has 2 rings (SSSR count). The van der Waals surface area contributed by atoms with Gasteiger partial charge in [-0.1, -0.05) is 59.8 Å². The second-order valence-electron chi connectivity index (χ2n) is 3.80. The largest absolute Gasteiger partial charge is 0.399 e. The lowest BCUT2D eigenvalue weighted by Gasteiger charge is -2.03. The summed E-state index contributed by atoms with van der Waals surface area (Å²) < 4.78 is 0. The molecule has 2 aromatic carbocycles. The Labute approximate surface area is 102 Å². The molecule has 2 heteroatoms. The number of nitrogens with zero attached hydrogens (tertiary/aromatic N) is 1. The monoisotopic (exact) mass is 225 g/mol. The highest BCUT2D eigenvalue weighted by atomic mass is 16.6. The fraction of sp³-hybridized carbons (Fsp3) is 0.133. The van der Waals surface area contributed by atoms with Crippen molar-refractivity contribution < 1.29 is 4.84 Å². The first kappa shape index (κ1) is 11.4. The van der Waals surface area contributed by atoms with E-state index in [-0.39, 0.29) is 0 Å². The van der Waals surface area contributed by atoms with Gasteiger partial charge in [-0.15, -0.1) is 0 Å². The van der Waals surface area contributed by atoms with Gasteiger partial charge < -0.3 is 4.84 Å². The van der Waals surface area contributed by atoms with E-state index in [9.17, 15) is 0 Å². The number of benzene rings is 2. The minimum absolute atomic E-state index is 0.882. The number of hydrogen-bond acceptors (Lipinski definition) is 2. The molecule has 0 saturated heterocycles. The summed E-state index contributed by atoms with van der Waals surface area (Å²) in [6, 6.07) is 18.6. The van der Waals surface area contributed by atoms with E-state index >= 15 is 0 Å². The van der Waals surface area contributed by atoms with Crippen molar-refractivity contribution in [3.8, 4) is 11.1 Å². The molecular weight excluding hydrogens is 210 g/mol. The average Bonchev–Trinajstić information content (AvgIpc) is 2.40. The third-order valence-electron chi connectivity index (χ3n) is 2.64. The first-order valence-corrected chi connectivity index (χ1v) is 5.55. The van der Waals surface area contributed by atoms with Crippen molar-refractivity contribution in [3.63, 3.8) is 0 Å². The Morgan fingerprint density at radius 3 is 2.06 bits per heavy atom. The molecule has 2 aromatic rings. The Morgan fingerprint density at radius 1 is 0.882 bits per heavy atom. The molecule has 0 amide bonds. The minimum Gasteiger partial charge on any atom is -0.399 e. The van der Waals surface area contributed by atoms with Gasteiger partial charge in [0.1, 0.15) is 7.11 Å². The molecule has 0 atom stereocenters. The van der Waals surface area contributed by atoms with E-state index in [2.05, 4.69) is 41.6 Å². The van der Waals surface area contributed by atoms with Crippen LogP contribution < -0.4 is 0 Å². The molecule has 0 saturated carbocycles. The third kappa shape index (κ3) is 2.72. The quantitative estimate of drug-likeness (QED) is 0.576. The predicted molar refractivity (Wildman–Crippen MR) is 71.1 cm³/mol. The minimum atomic E-state index is 0.882. The molecule has 0 unspecified atom stereocenters. The lowest BCUT2D eigenvalue weighted by molar-refractivity contribution is 0.213. The highest BCUT2D eigenvalue weighted by molar-refractivity contribution is 5.98. The highest BCUT2D eigenvalue weighted by Gasteiger charge is 1.99. The van der Waals surface area contributed by atoms with Gasteiger partial charge in [0, 0.05) is 0 Å². The molecule has 0 heterocycles. The molecule has 0 N–H and O–H groups in total. The fourth-order valence-corrected chi connectivity index (χ4v) is 1.72. The maximum Gasteiger partial charge on any atom is 0.106 e. The molecule has 2 nitrogen and oxygen atoms in total. The summed E-state index contributed by atoms with van der Waals surface area (Å²) in [4.78, 5) is 4.76. The molecule has 0 radical (unpaired) electrons. The molecule has 86 valence electrons. The van der Waals surface area contributed by atoms with Crippen LogP contribution in [0.5, 0.6) is 0 Å². The van der Waals surface area contributed by atoms with Gasteiger partial charge in [-0.25, -0.2) is 0 Å². The van der Waals surface area contributed by atoms with E-state index < -0.39 is 0 Å². The summed E-state index contributed by atoms with van der Waals surface area (Å²) in [7, 11) is 1.56. The van der Waals surface area contributed by atoms with Crippen LogP contribution in [0, 0.1) is 0 Å². The van der Waals surface area contributed by atoms with Crippen molar-refractivity contribution >= 4 is 5.71 Å². The summed E-state index contributed by atoms with van der Waals surface area (Å²) in [6.07, 6.45) is 0. The topological polar surface area (TPSA) is 21.6 Å². The predicted octanol–water partition coefficient (Wildman–Crippen LogP) is 3.72. The number of rotatable bonds is 3. The summed E-state index contributed by atoms with van der Waals surface area (Å²) in [5.41, 5.74) is 4.39. The SMILES string of the molecule is CON=C(C)c1ccc(-c2ccccc2)cc1. The van der Waals surface area contributed by atoms with Crippen LogP contribution in [0.1, 0.15) is 12.5 Å². The molecule has 0 aliphatic rings. The van der Waals surface area contributed by atoms with E-state index in [0.29, 0.717) is 0 Å². The van der Waals surface area contributed by atoms with Crippen LogP contribution in [0.2, 0.25) is 0 Å². The van der Waals surface area contributed by atoms with E-state index in [4.69, 9.17) is 4.84 Å². The standard InChI is InChI=1S/C15H15NO/c1-12(16-17-2)13-8-10-15(11-9-13)14-6-4-3-5-7-14/h3-11H,1-2H3. The Balaban J connectivity index is 2.28. The molecular formula is C15H15NO. The fourth-order valence-electron chi connectivity index (χ4n) is 1.72. The van der Waals surface area contributed by atoms with E-state index in [0.717, 1.165) is 11.3 Å². The van der Waals surface area contributed by atoms with Crippen LogP contribution >= 0.6 is 0 Å². The first-order valence-electron chi connectivity index (χ1n) is 5.55. The number of oxime groups is 1. The summed E-state index contributed by atoms with van der Waals surface area (Å²) in [5, 5.41) is 3.91. The maximum absolute atomic E-state index is 4.76. The Hall–Kier alpha value is -2.09. The summed E-state index contributed by atoms with van der Waals surface area (Å²) >= 11 is 0. The molecule has 0 bridgehead atoms. The normalized spacial score (nSPS) is 11.3. The van der Waals surface area contributed by atoms with Crippen molar-refractivity contribution in [2.45, 2.75) is 6.92 Å².